The molecule has 4 saturated carbocycles. The third-order valence-corrected chi connectivity index (χ3v) is 9.90. The van der Waals surface area contributed by atoms with Crippen molar-refractivity contribution in [2.45, 2.75) is 98.3 Å². The summed E-state index contributed by atoms with van der Waals surface area (Å²) in [4.78, 5) is 13.7. The summed E-state index contributed by atoms with van der Waals surface area (Å²) in [5.74, 6) is 4.47. The lowest BCUT2D eigenvalue weighted by Crippen LogP contribution is -2.59. The van der Waals surface area contributed by atoms with Gasteiger partial charge in [0, 0.05) is 11.8 Å². The number of ketones is 1. The minimum absolute atomic E-state index is 0.374. The Labute approximate surface area is 155 Å². The molecule has 0 heterocycles. The van der Waals surface area contributed by atoms with Crippen LogP contribution in [0.5, 0.6) is 0 Å². The van der Waals surface area contributed by atoms with Crippen molar-refractivity contribution in [3.8, 4) is 0 Å². The first kappa shape index (κ1) is 18.1. The Kier molecular flexibility index (Phi) is 4.61. The highest BCUT2D eigenvalue weighted by Crippen LogP contribution is 2.68. The van der Waals surface area contributed by atoms with E-state index in [1.54, 1.807) is 0 Å². The van der Waals surface area contributed by atoms with Crippen molar-refractivity contribution in [1.29, 1.82) is 0 Å². The zero-order valence-electron chi connectivity index (χ0n) is 17.2. The maximum absolute atomic E-state index is 13.7. The summed E-state index contributed by atoms with van der Waals surface area (Å²) >= 11 is 0. The lowest BCUT2D eigenvalue weighted by molar-refractivity contribution is -0.167. The highest BCUT2D eigenvalue weighted by atomic mass is 16.1. The molecular weight excluding hydrogens is 304 g/mol. The quantitative estimate of drug-likeness (QED) is 0.560. The highest BCUT2D eigenvalue weighted by molar-refractivity contribution is 5.86. The van der Waals surface area contributed by atoms with Gasteiger partial charge in [-0.25, -0.2) is 0 Å². The predicted molar refractivity (Wildman–Crippen MR) is 104 cm³/mol. The average molecular weight is 345 g/mol. The number of carbonyl (C=O) groups excluding carboxylic acids is 1. The highest BCUT2D eigenvalue weighted by Gasteiger charge is 2.63. The number of Topliss-reactive ketones (excluding diaryl/α,β-unsaturated/α-hetero) is 1. The number of hydrogen-bond donors (Lipinski definition) is 0. The molecule has 4 fully saturated rings. The molecule has 7 unspecified atom stereocenters. The summed E-state index contributed by atoms with van der Waals surface area (Å²) in [6.07, 6.45) is 14.7. The molecule has 4 rings (SSSR count). The van der Waals surface area contributed by atoms with E-state index in [1.165, 1.54) is 64.2 Å². The fourth-order valence-corrected chi connectivity index (χ4v) is 8.65. The molecule has 0 saturated heterocycles. The van der Waals surface area contributed by atoms with Gasteiger partial charge in [0.25, 0.3) is 0 Å². The van der Waals surface area contributed by atoms with Crippen LogP contribution in [0.1, 0.15) is 98.3 Å². The van der Waals surface area contributed by atoms with Gasteiger partial charge in [-0.1, -0.05) is 53.4 Å². The van der Waals surface area contributed by atoms with Crippen molar-refractivity contribution in [3.63, 3.8) is 0 Å². The van der Waals surface area contributed by atoms with E-state index in [4.69, 9.17) is 0 Å². The molecule has 1 heteroatoms. The zero-order chi connectivity index (χ0) is 17.8. The van der Waals surface area contributed by atoms with E-state index in [0.717, 1.165) is 12.3 Å². The SMILES string of the molecule is CCCC1CCC2C3C(=O)[C@@H](CC)C4CCCCC4(C)C3CCC12C. The van der Waals surface area contributed by atoms with E-state index >= 15 is 0 Å². The van der Waals surface area contributed by atoms with Crippen LogP contribution in [0.3, 0.4) is 0 Å². The predicted octanol–water partition coefficient (Wildman–Crippen LogP) is 6.65. The molecule has 4 aliphatic rings. The molecule has 0 amide bonds. The van der Waals surface area contributed by atoms with E-state index in [1.807, 2.05) is 0 Å². The zero-order valence-corrected chi connectivity index (χ0v) is 17.2. The summed E-state index contributed by atoms with van der Waals surface area (Å²) in [5.41, 5.74) is 0.921. The molecule has 25 heavy (non-hydrogen) atoms. The third kappa shape index (κ3) is 2.43. The number of fused-ring (bicyclic) bond motifs is 5. The van der Waals surface area contributed by atoms with E-state index in [2.05, 4.69) is 27.7 Å². The lowest BCUT2D eigenvalue weighted by atomic mass is 9.42. The van der Waals surface area contributed by atoms with E-state index in [-0.39, 0.29) is 0 Å². The molecule has 8 atom stereocenters. The maximum Gasteiger partial charge on any atom is 0.139 e. The van der Waals surface area contributed by atoms with Gasteiger partial charge in [-0.05, 0) is 79.4 Å². The molecule has 0 aromatic heterocycles. The monoisotopic (exact) mass is 344 g/mol. The largest absolute Gasteiger partial charge is 0.299 e. The van der Waals surface area contributed by atoms with Gasteiger partial charge in [-0.2, -0.15) is 0 Å². The number of hydrogen-bond acceptors (Lipinski definition) is 1. The Morgan fingerprint density at radius 3 is 2.36 bits per heavy atom. The van der Waals surface area contributed by atoms with Crippen molar-refractivity contribution < 1.29 is 4.79 Å². The molecule has 142 valence electrons. The van der Waals surface area contributed by atoms with Crippen molar-refractivity contribution in [3.05, 3.63) is 0 Å². The van der Waals surface area contributed by atoms with Gasteiger partial charge < -0.3 is 0 Å². The molecule has 0 bridgehead atoms. The van der Waals surface area contributed by atoms with E-state index in [9.17, 15) is 4.79 Å². The van der Waals surface area contributed by atoms with Gasteiger partial charge in [0.2, 0.25) is 0 Å². The van der Waals surface area contributed by atoms with Crippen LogP contribution < -0.4 is 0 Å². The van der Waals surface area contributed by atoms with Crippen LogP contribution in [-0.4, -0.2) is 5.78 Å². The summed E-state index contributed by atoms with van der Waals surface area (Å²) in [5, 5.41) is 0. The van der Waals surface area contributed by atoms with Crippen molar-refractivity contribution in [2.24, 2.45) is 46.3 Å². The first-order valence-electron chi connectivity index (χ1n) is 11.5. The Bertz CT molecular complexity index is 524. The second-order valence-electron chi connectivity index (χ2n) is 10.6. The number of carbonyl (C=O) groups is 1. The van der Waals surface area contributed by atoms with Gasteiger partial charge in [-0.3, -0.25) is 4.79 Å². The van der Waals surface area contributed by atoms with Gasteiger partial charge in [0.1, 0.15) is 5.78 Å². The van der Waals surface area contributed by atoms with Crippen LogP contribution in [0.2, 0.25) is 0 Å². The van der Waals surface area contributed by atoms with Crippen LogP contribution in [-0.2, 0) is 4.79 Å². The molecule has 0 aliphatic heterocycles. The fraction of sp³-hybridized carbons (Fsp3) is 0.958. The van der Waals surface area contributed by atoms with Gasteiger partial charge in [0.05, 0.1) is 0 Å². The van der Waals surface area contributed by atoms with Crippen LogP contribution >= 0.6 is 0 Å². The van der Waals surface area contributed by atoms with Gasteiger partial charge in [0.15, 0.2) is 0 Å². The van der Waals surface area contributed by atoms with Crippen LogP contribution in [0.15, 0.2) is 0 Å². The number of rotatable bonds is 3. The average Bonchev–Trinajstić information content (AvgIpc) is 2.93. The van der Waals surface area contributed by atoms with E-state index < -0.39 is 0 Å². The van der Waals surface area contributed by atoms with E-state index in [0.29, 0.717) is 46.2 Å². The Morgan fingerprint density at radius 2 is 1.64 bits per heavy atom. The Balaban J connectivity index is 1.70. The summed E-state index contributed by atoms with van der Waals surface area (Å²) < 4.78 is 0. The molecule has 0 radical (unpaired) electrons. The summed E-state index contributed by atoms with van der Waals surface area (Å²) in [7, 11) is 0. The van der Waals surface area contributed by atoms with Crippen LogP contribution in [0, 0.1) is 46.3 Å². The minimum atomic E-state index is 0.374. The second-order valence-corrected chi connectivity index (χ2v) is 10.6. The van der Waals surface area contributed by atoms with Gasteiger partial charge in [-0.15, -0.1) is 0 Å². The summed E-state index contributed by atoms with van der Waals surface area (Å²) in [6, 6.07) is 0. The van der Waals surface area contributed by atoms with Crippen molar-refractivity contribution in [1.82, 2.24) is 0 Å². The normalized spacial score (nSPS) is 52.4. The molecule has 0 aromatic rings. The second kappa shape index (κ2) is 6.38. The van der Waals surface area contributed by atoms with Crippen LogP contribution in [0.4, 0.5) is 0 Å². The smallest absolute Gasteiger partial charge is 0.139 e. The van der Waals surface area contributed by atoms with Crippen molar-refractivity contribution >= 4 is 5.78 Å². The first-order chi connectivity index (χ1) is 12.0. The Hall–Kier alpha value is -0.330. The van der Waals surface area contributed by atoms with Gasteiger partial charge >= 0.3 is 0 Å². The fourth-order valence-electron chi connectivity index (χ4n) is 8.65. The minimum Gasteiger partial charge on any atom is -0.299 e. The standard InChI is InChI=1S/C24H40O/c1-5-9-16-11-12-19-21-20(13-15-23(16,19)3)24(4)14-8-7-10-18(24)17(6-2)22(21)25/h16-21H,5-15H2,1-4H3/t16?,17-,18?,19?,20?,21?,23?,24?/m0/s1. The molecule has 4 aliphatic carbocycles. The Morgan fingerprint density at radius 1 is 0.880 bits per heavy atom. The topological polar surface area (TPSA) is 17.1 Å². The molecule has 0 aromatic carbocycles. The molecule has 1 nitrogen and oxygen atoms in total. The lowest BCUT2D eigenvalue weighted by Gasteiger charge is -2.61. The van der Waals surface area contributed by atoms with Crippen molar-refractivity contribution in [2.75, 3.05) is 0 Å². The summed E-state index contributed by atoms with van der Waals surface area (Å²) in [6.45, 7) is 9.80. The molecular formula is C24H40O. The van der Waals surface area contributed by atoms with Crippen LogP contribution in [0.25, 0.3) is 0 Å². The first-order valence-corrected chi connectivity index (χ1v) is 11.5. The molecule has 0 N–H and O–H groups in total. The maximum atomic E-state index is 13.7. The molecule has 0 spiro atoms. The third-order valence-electron chi connectivity index (χ3n) is 9.90.